The lowest BCUT2D eigenvalue weighted by molar-refractivity contribution is 0.402. The molecule has 0 atom stereocenters. The summed E-state index contributed by atoms with van der Waals surface area (Å²) < 4.78 is 39.1. The number of pyridine rings is 1. The van der Waals surface area contributed by atoms with E-state index in [1.807, 2.05) is 31.1 Å². The molecule has 0 radical (unpaired) electrons. The first-order valence-corrected chi connectivity index (χ1v) is 6.42. The predicted octanol–water partition coefficient (Wildman–Crippen LogP) is 3.17. The number of hydrogen-bond donors (Lipinski definition) is 1. The van der Waals surface area contributed by atoms with E-state index in [9.17, 15) is 13.2 Å². The zero-order chi connectivity index (χ0) is 15.4. The smallest absolute Gasteiger partial charge is 0.194 e. The highest BCUT2D eigenvalue weighted by molar-refractivity contribution is 5.38. The fourth-order valence-corrected chi connectivity index (χ4v) is 1.94. The number of benzene rings is 1. The van der Waals surface area contributed by atoms with E-state index in [1.54, 1.807) is 6.20 Å². The van der Waals surface area contributed by atoms with Crippen molar-refractivity contribution in [1.29, 1.82) is 0 Å². The first kappa shape index (κ1) is 15.3. The van der Waals surface area contributed by atoms with Gasteiger partial charge in [-0.25, -0.2) is 18.2 Å². The average Bonchev–Trinajstić information content (AvgIpc) is 2.42. The minimum absolute atomic E-state index is 0.159. The fraction of sp³-hybridized carbons (Fsp3) is 0.267. The molecule has 0 spiro atoms. The molecule has 2 rings (SSSR count). The topological polar surface area (TPSA) is 28.2 Å². The van der Waals surface area contributed by atoms with E-state index < -0.39 is 17.5 Å². The summed E-state index contributed by atoms with van der Waals surface area (Å²) in [5.41, 5.74) is 1.38. The van der Waals surface area contributed by atoms with Crippen molar-refractivity contribution in [2.24, 2.45) is 0 Å². The van der Waals surface area contributed by atoms with Crippen molar-refractivity contribution in [1.82, 2.24) is 9.88 Å². The number of nitrogens with one attached hydrogen (secondary N) is 1. The number of rotatable bonds is 5. The molecule has 2 aromatic rings. The Morgan fingerprint density at radius 1 is 1.05 bits per heavy atom. The predicted molar refractivity (Wildman–Crippen MR) is 75.3 cm³/mol. The second-order valence-corrected chi connectivity index (χ2v) is 5.01. The molecule has 0 saturated heterocycles. The first-order valence-electron chi connectivity index (χ1n) is 6.42. The maximum atomic E-state index is 13.1. The van der Waals surface area contributed by atoms with E-state index in [0.29, 0.717) is 11.4 Å². The molecule has 112 valence electrons. The molecule has 0 amide bonds. The molecule has 0 fully saturated rings. The van der Waals surface area contributed by atoms with Crippen molar-refractivity contribution in [2.75, 3.05) is 19.4 Å². The van der Waals surface area contributed by atoms with Gasteiger partial charge in [-0.3, -0.25) is 0 Å². The van der Waals surface area contributed by atoms with Gasteiger partial charge in [0.05, 0.1) is 0 Å². The van der Waals surface area contributed by atoms with Gasteiger partial charge in [0.1, 0.15) is 5.82 Å². The van der Waals surface area contributed by atoms with E-state index in [1.165, 1.54) is 0 Å². The van der Waals surface area contributed by atoms with Gasteiger partial charge in [0, 0.05) is 19.3 Å². The zero-order valence-electron chi connectivity index (χ0n) is 11.8. The highest BCUT2D eigenvalue weighted by atomic mass is 19.2. The molecule has 0 aliphatic heterocycles. The maximum absolute atomic E-state index is 13.1. The molecule has 0 saturated carbocycles. The van der Waals surface area contributed by atoms with Crippen LogP contribution in [-0.4, -0.2) is 24.0 Å². The summed E-state index contributed by atoms with van der Waals surface area (Å²) in [5.74, 6) is -3.24. The van der Waals surface area contributed by atoms with Crippen LogP contribution < -0.4 is 5.32 Å². The summed E-state index contributed by atoms with van der Waals surface area (Å²) in [4.78, 5) is 6.15. The Bertz CT molecular complexity index is 606. The van der Waals surface area contributed by atoms with Crippen molar-refractivity contribution in [3.05, 3.63) is 59.0 Å². The average molecular weight is 295 g/mol. The van der Waals surface area contributed by atoms with Gasteiger partial charge in [0.25, 0.3) is 0 Å². The summed E-state index contributed by atoms with van der Waals surface area (Å²) in [6.45, 7) is 0.920. The number of hydrogen-bond acceptors (Lipinski definition) is 3. The monoisotopic (exact) mass is 295 g/mol. The van der Waals surface area contributed by atoms with Gasteiger partial charge in [-0.15, -0.1) is 0 Å². The van der Waals surface area contributed by atoms with Crippen molar-refractivity contribution in [3.63, 3.8) is 0 Å². The van der Waals surface area contributed by atoms with Gasteiger partial charge in [0.15, 0.2) is 17.5 Å². The summed E-state index contributed by atoms with van der Waals surface area (Å²) in [7, 11) is 3.91. The number of halogens is 3. The van der Waals surface area contributed by atoms with Gasteiger partial charge in [-0.2, -0.15) is 0 Å². The summed E-state index contributed by atoms with van der Waals surface area (Å²) in [5, 5.41) is 2.96. The van der Waals surface area contributed by atoms with Gasteiger partial charge in [0.2, 0.25) is 0 Å². The van der Waals surface area contributed by atoms with Crippen LogP contribution in [0.4, 0.5) is 19.0 Å². The van der Waals surface area contributed by atoms with Crippen LogP contribution in [0, 0.1) is 17.5 Å². The fourth-order valence-electron chi connectivity index (χ4n) is 1.94. The van der Waals surface area contributed by atoms with Gasteiger partial charge >= 0.3 is 0 Å². The lowest BCUT2D eigenvalue weighted by Crippen LogP contribution is -2.11. The van der Waals surface area contributed by atoms with Crippen LogP contribution in [0.3, 0.4) is 0 Å². The van der Waals surface area contributed by atoms with E-state index in [-0.39, 0.29) is 6.54 Å². The SMILES string of the molecule is CN(C)Cc1ccnc(NCc2cc(F)c(F)c(F)c2)c1. The third kappa shape index (κ3) is 4.19. The van der Waals surface area contributed by atoms with Crippen molar-refractivity contribution in [2.45, 2.75) is 13.1 Å². The van der Waals surface area contributed by atoms with Crippen LogP contribution in [0.2, 0.25) is 0 Å². The van der Waals surface area contributed by atoms with E-state index in [2.05, 4.69) is 10.3 Å². The maximum Gasteiger partial charge on any atom is 0.194 e. The molecule has 0 aliphatic carbocycles. The highest BCUT2D eigenvalue weighted by Gasteiger charge is 2.10. The molecule has 1 heterocycles. The Kier molecular flexibility index (Phi) is 4.80. The van der Waals surface area contributed by atoms with E-state index in [4.69, 9.17) is 0 Å². The third-order valence-electron chi connectivity index (χ3n) is 2.84. The van der Waals surface area contributed by atoms with Gasteiger partial charge < -0.3 is 10.2 Å². The Morgan fingerprint density at radius 2 is 1.71 bits per heavy atom. The molecule has 1 N–H and O–H groups in total. The second-order valence-electron chi connectivity index (χ2n) is 5.01. The van der Waals surface area contributed by atoms with Crippen LogP contribution in [0.25, 0.3) is 0 Å². The van der Waals surface area contributed by atoms with Gasteiger partial charge in [-0.1, -0.05) is 0 Å². The zero-order valence-corrected chi connectivity index (χ0v) is 11.8. The normalized spacial score (nSPS) is 11.0. The summed E-state index contributed by atoms with van der Waals surface area (Å²) in [6.07, 6.45) is 1.66. The Hall–Kier alpha value is -2.08. The summed E-state index contributed by atoms with van der Waals surface area (Å²) in [6, 6.07) is 5.68. The minimum Gasteiger partial charge on any atom is -0.366 e. The quantitative estimate of drug-likeness (QED) is 0.859. The lowest BCUT2D eigenvalue weighted by atomic mass is 10.2. The first-order chi connectivity index (χ1) is 9.95. The second kappa shape index (κ2) is 6.58. The standard InChI is InChI=1S/C15H16F3N3/c1-21(2)9-10-3-4-19-14(7-10)20-8-11-5-12(16)15(18)13(17)6-11/h3-7H,8-9H2,1-2H3,(H,19,20). The van der Waals surface area contributed by atoms with Crippen LogP contribution in [0.5, 0.6) is 0 Å². The molecular formula is C15H16F3N3. The van der Waals surface area contributed by atoms with E-state index in [0.717, 1.165) is 24.2 Å². The van der Waals surface area contributed by atoms with Crippen LogP contribution in [-0.2, 0) is 13.1 Å². The van der Waals surface area contributed by atoms with Crippen LogP contribution >= 0.6 is 0 Å². The molecule has 21 heavy (non-hydrogen) atoms. The molecule has 0 bridgehead atoms. The molecular weight excluding hydrogens is 279 g/mol. The van der Waals surface area contributed by atoms with E-state index >= 15 is 0 Å². The Morgan fingerprint density at radius 3 is 2.33 bits per heavy atom. The molecule has 0 aliphatic rings. The van der Waals surface area contributed by atoms with Crippen molar-refractivity contribution >= 4 is 5.82 Å². The minimum atomic E-state index is -1.45. The largest absolute Gasteiger partial charge is 0.366 e. The van der Waals surface area contributed by atoms with Gasteiger partial charge in [-0.05, 0) is 49.5 Å². The Labute approximate surface area is 121 Å². The van der Waals surface area contributed by atoms with Crippen LogP contribution in [0.1, 0.15) is 11.1 Å². The molecule has 6 heteroatoms. The van der Waals surface area contributed by atoms with Crippen molar-refractivity contribution in [3.8, 4) is 0 Å². The molecule has 3 nitrogen and oxygen atoms in total. The van der Waals surface area contributed by atoms with Crippen LogP contribution in [0.15, 0.2) is 30.5 Å². The number of aromatic nitrogens is 1. The number of nitrogens with zero attached hydrogens (tertiary/aromatic N) is 2. The molecule has 1 aromatic heterocycles. The van der Waals surface area contributed by atoms with Crippen molar-refractivity contribution < 1.29 is 13.2 Å². The Balaban J connectivity index is 2.06. The molecule has 0 unspecified atom stereocenters. The number of anilines is 1. The summed E-state index contributed by atoms with van der Waals surface area (Å²) >= 11 is 0. The highest BCUT2D eigenvalue weighted by Crippen LogP contribution is 2.15. The lowest BCUT2D eigenvalue weighted by Gasteiger charge is -2.11. The third-order valence-corrected chi connectivity index (χ3v) is 2.84. The molecule has 1 aromatic carbocycles.